The molecular weight excluding hydrogens is 570 g/mol. The molecule has 0 bridgehead atoms. The van der Waals surface area contributed by atoms with E-state index in [1.54, 1.807) is 14.2 Å². The number of fused-ring (bicyclic) bond motifs is 1. The molecule has 0 aliphatic carbocycles. The number of H-pyrrole nitrogens is 1. The van der Waals surface area contributed by atoms with Gasteiger partial charge < -0.3 is 19.5 Å². The van der Waals surface area contributed by atoms with E-state index in [1.807, 2.05) is 72.2 Å². The number of rotatable bonds is 12. The zero-order valence-electron chi connectivity index (χ0n) is 25.3. The van der Waals surface area contributed by atoms with E-state index in [4.69, 9.17) is 19.2 Å². The SMILES string of the molecule is CCOc1nc2cccc(C(=O)NCCc3ccc(OC)c(OC)c3)c2n1Cc1ccc(-c2ccccc2-c2nn[nH]n2)cc1. The van der Waals surface area contributed by atoms with Gasteiger partial charge in [-0.05, 0) is 65.1 Å². The maximum Gasteiger partial charge on any atom is 0.297 e. The molecule has 45 heavy (non-hydrogen) atoms. The van der Waals surface area contributed by atoms with Gasteiger partial charge in [0.25, 0.3) is 11.9 Å². The van der Waals surface area contributed by atoms with Gasteiger partial charge in [0, 0.05) is 12.1 Å². The molecule has 0 saturated heterocycles. The summed E-state index contributed by atoms with van der Waals surface area (Å²) in [5.41, 5.74) is 6.91. The fourth-order valence-electron chi connectivity index (χ4n) is 5.36. The average Bonchev–Trinajstić information content (AvgIpc) is 3.74. The molecule has 6 rings (SSSR count). The summed E-state index contributed by atoms with van der Waals surface area (Å²) in [6, 6.07) is 28.0. The van der Waals surface area contributed by atoms with Crippen LogP contribution < -0.4 is 19.5 Å². The van der Waals surface area contributed by atoms with Gasteiger partial charge in [0.05, 0.1) is 44.0 Å². The number of nitrogens with zero attached hydrogens (tertiary/aromatic N) is 5. The van der Waals surface area contributed by atoms with Crippen molar-refractivity contribution in [1.29, 1.82) is 0 Å². The maximum atomic E-state index is 13.5. The predicted molar refractivity (Wildman–Crippen MR) is 171 cm³/mol. The first-order valence-corrected chi connectivity index (χ1v) is 14.6. The summed E-state index contributed by atoms with van der Waals surface area (Å²) in [6.07, 6.45) is 0.633. The van der Waals surface area contributed by atoms with Crippen LogP contribution in [0.25, 0.3) is 33.5 Å². The van der Waals surface area contributed by atoms with Crippen LogP contribution in [0, 0.1) is 0 Å². The lowest BCUT2D eigenvalue weighted by molar-refractivity contribution is 0.0955. The van der Waals surface area contributed by atoms with Crippen LogP contribution in [-0.4, -0.2) is 63.5 Å². The van der Waals surface area contributed by atoms with Crippen molar-refractivity contribution >= 4 is 16.9 Å². The second kappa shape index (κ2) is 13.3. The van der Waals surface area contributed by atoms with Crippen LogP contribution in [0.15, 0.2) is 84.9 Å². The van der Waals surface area contributed by atoms with Crippen LogP contribution in [0.3, 0.4) is 0 Å². The Bertz CT molecular complexity index is 1920. The van der Waals surface area contributed by atoms with E-state index in [9.17, 15) is 4.79 Å². The van der Waals surface area contributed by atoms with Gasteiger partial charge in [-0.3, -0.25) is 9.36 Å². The van der Waals surface area contributed by atoms with Crippen molar-refractivity contribution in [2.75, 3.05) is 27.4 Å². The topological polar surface area (TPSA) is 129 Å². The lowest BCUT2D eigenvalue weighted by Crippen LogP contribution is -2.26. The maximum absolute atomic E-state index is 13.5. The largest absolute Gasteiger partial charge is 0.493 e. The van der Waals surface area contributed by atoms with Gasteiger partial charge in [0.1, 0.15) is 0 Å². The molecule has 0 spiro atoms. The van der Waals surface area contributed by atoms with E-state index in [0.29, 0.717) is 60.5 Å². The molecule has 2 heterocycles. The van der Waals surface area contributed by atoms with Gasteiger partial charge in [0.15, 0.2) is 11.5 Å². The van der Waals surface area contributed by atoms with E-state index in [2.05, 4.69) is 50.2 Å². The minimum Gasteiger partial charge on any atom is -0.493 e. The van der Waals surface area contributed by atoms with Crippen molar-refractivity contribution in [2.45, 2.75) is 19.9 Å². The Morgan fingerprint density at radius 2 is 1.67 bits per heavy atom. The van der Waals surface area contributed by atoms with E-state index in [-0.39, 0.29) is 5.91 Å². The Hall–Kier alpha value is -5.71. The molecule has 1 amide bonds. The summed E-state index contributed by atoms with van der Waals surface area (Å²) in [7, 11) is 3.21. The zero-order valence-corrected chi connectivity index (χ0v) is 25.3. The highest BCUT2D eigenvalue weighted by Gasteiger charge is 2.20. The van der Waals surface area contributed by atoms with Gasteiger partial charge in [-0.25, -0.2) is 0 Å². The summed E-state index contributed by atoms with van der Waals surface area (Å²) in [5, 5.41) is 17.6. The first-order chi connectivity index (χ1) is 22.1. The van der Waals surface area contributed by atoms with Gasteiger partial charge >= 0.3 is 0 Å². The van der Waals surface area contributed by atoms with Crippen LogP contribution in [0.1, 0.15) is 28.4 Å². The van der Waals surface area contributed by atoms with Gasteiger partial charge in [-0.2, -0.15) is 10.2 Å². The molecule has 6 aromatic rings. The molecule has 11 nitrogen and oxygen atoms in total. The number of hydrogen-bond donors (Lipinski definition) is 2. The molecule has 2 N–H and O–H groups in total. The van der Waals surface area contributed by atoms with Crippen molar-refractivity contribution in [3.63, 3.8) is 0 Å². The van der Waals surface area contributed by atoms with Crippen LogP contribution >= 0.6 is 0 Å². The third-order valence-electron chi connectivity index (χ3n) is 7.52. The van der Waals surface area contributed by atoms with Crippen molar-refractivity contribution < 1.29 is 19.0 Å². The molecule has 0 fully saturated rings. The van der Waals surface area contributed by atoms with Gasteiger partial charge in [0.2, 0.25) is 5.82 Å². The normalized spacial score (nSPS) is 11.0. The molecule has 0 aliphatic rings. The van der Waals surface area contributed by atoms with Crippen molar-refractivity contribution in [2.24, 2.45) is 0 Å². The fraction of sp³-hybridized carbons (Fsp3) is 0.206. The molecule has 11 heteroatoms. The number of methoxy groups -OCH3 is 2. The number of tetrazole rings is 1. The summed E-state index contributed by atoms with van der Waals surface area (Å²) < 4.78 is 18.6. The first kappa shape index (κ1) is 29.4. The number of aromatic amines is 1. The molecule has 0 atom stereocenters. The molecule has 228 valence electrons. The van der Waals surface area contributed by atoms with Gasteiger partial charge in [-0.1, -0.05) is 60.7 Å². The monoisotopic (exact) mass is 603 g/mol. The number of aromatic nitrogens is 6. The third kappa shape index (κ3) is 6.19. The van der Waals surface area contributed by atoms with Crippen LogP contribution in [0.5, 0.6) is 17.5 Å². The lowest BCUT2D eigenvalue weighted by Gasteiger charge is -2.13. The Kier molecular flexibility index (Phi) is 8.67. The predicted octanol–water partition coefficient (Wildman–Crippen LogP) is 5.32. The fourth-order valence-corrected chi connectivity index (χ4v) is 5.36. The zero-order chi connectivity index (χ0) is 31.2. The van der Waals surface area contributed by atoms with E-state index in [0.717, 1.165) is 33.3 Å². The second-order valence-electron chi connectivity index (χ2n) is 10.3. The second-order valence-corrected chi connectivity index (χ2v) is 10.3. The molecule has 0 unspecified atom stereocenters. The summed E-state index contributed by atoms with van der Waals surface area (Å²) in [6.45, 7) is 3.28. The molecule has 0 saturated carbocycles. The van der Waals surface area contributed by atoms with E-state index >= 15 is 0 Å². The Morgan fingerprint density at radius 1 is 0.889 bits per heavy atom. The lowest BCUT2D eigenvalue weighted by atomic mass is 9.98. The minimum absolute atomic E-state index is 0.182. The van der Waals surface area contributed by atoms with E-state index < -0.39 is 0 Å². The highest BCUT2D eigenvalue weighted by molar-refractivity contribution is 6.05. The first-order valence-electron chi connectivity index (χ1n) is 14.6. The number of nitrogens with one attached hydrogen (secondary N) is 2. The number of ether oxygens (including phenoxy) is 3. The highest BCUT2D eigenvalue weighted by atomic mass is 16.5. The number of benzene rings is 4. The number of carbonyl (C=O) groups excluding carboxylic acids is 1. The third-order valence-corrected chi connectivity index (χ3v) is 7.52. The number of imidazole rings is 1. The average molecular weight is 604 g/mol. The van der Waals surface area contributed by atoms with Crippen LogP contribution in [-0.2, 0) is 13.0 Å². The van der Waals surface area contributed by atoms with Crippen LogP contribution in [0.4, 0.5) is 0 Å². The standard InChI is InChI=1S/C34H33N7O4/c1-4-45-34-36-28-11-7-10-27(33(42)35-19-18-22-14-17-29(43-2)30(20-22)44-3)31(28)41(34)21-23-12-15-24(16-13-23)25-8-5-6-9-26(25)32-37-39-40-38-32/h5-17,20H,4,18-19,21H2,1-3H3,(H,35,42)(H,37,38,39,40). The smallest absolute Gasteiger partial charge is 0.297 e. The summed E-state index contributed by atoms with van der Waals surface area (Å²) in [4.78, 5) is 18.2. The molecule has 0 radical (unpaired) electrons. The summed E-state index contributed by atoms with van der Waals surface area (Å²) in [5.74, 6) is 1.68. The van der Waals surface area contributed by atoms with Crippen molar-refractivity contribution in [1.82, 2.24) is 35.5 Å². The molecule has 0 aliphatic heterocycles. The minimum atomic E-state index is -0.182. The van der Waals surface area contributed by atoms with Crippen molar-refractivity contribution in [3.05, 3.63) is 102 Å². The molecular formula is C34H33N7O4. The molecule has 2 aromatic heterocycles. The number of amides is 1. The van der Waals surface area contributed by atoms with Crippen molar-refractivity contribution in [3.8, 4) is 40.0 Å². The number of carbonyl (C=O) groups is 1. The molecule has 4 aromatic carbocycles. The van der Waals surface area contributed by atoms with Crippen LogP contribution in [0.2, 0.25) is 0 Å². The Labute approximate surface area is 260 Å². The highest BCUT2D eigenvalue weighted by Crippen LogP contribution is 2.31. The number of hydrogen-bond acceptors (Lipinski definition) is 8. The Morgan fingerprint density at radius 3 is 2.40 bits per heavy atom. The van der Waals surface area contributed by atoms with Gasteiger partial charge in [-0.15, -0.1) is 10.2 Å². The number of para-hydroxylation sites is 1. The summed E-state index contributed by atoms with van der Waals surface area (Å²) >= 11 is 0. The quantitative estimate of drug-likeness (QED) is 0.192. The van der Waals surface area contributed by atoms with E-state index in [1.165, 1.54) is 0 Å². The Balaban J connectivity index is 1.24.